The molecule has 0 unspecified atom stereocenters. The van der Waals surface area contributed by atoms with Crippen LogP contribution in [0.3, 0.4) is 0 Å². The molecule has 3 heterocycles. The number of rotatable bonds is 4. The lowest BCUT2D eigenvalue weighted by Gasteiger charge is -2.35. The zero-order valence-corrected chi connectivity index (χ0v) is 11.8. The highest BCUT2D eigenvalue weighted by atomic mass is 15.3. The van der Waals surface area contributed by atoms with E-state index in [2.05, 4.69) is 36.5 Å². The van der Waals surface area contributed by atoms with E-state index >= 15 is 0 Å². The van der Waals surface area contributed by atoms with Crippen LogP contribution in [-0.4, -0.2) is 57.4 Å². The van der Waals surface area contributed by atoms with Gasteiger partial charge < -0.3 is 4.90 Å². The summed E-state index contributed by atoms with van der Waals surface area (Å²) in [4.78, 5) is 13.3. The lowest BCUT2D eigenvalue weighted by atomic mass is 10.3. The van der Waals surface area contributed by atoms with Crippen LogP contribution in [0.1, 0.15) is 5.69 Å². The van der Waals surface area contributed by atoms with Crippen molar-refractivity contribution in [1.29, 1.82) is 0 Å². The first-order chi connectivity index (χ1) is 9.83. The molecule has 2 aromatic rings. The van der Waals surface area contributed by atoms with Crippen LogP contribution in [0.25, 0.3) is 0 Å². The van der Waals surface area contributed by atoms with Crippen LogP contribution in [0.15, 0.2) is 30.9 Å². The van der Waals surface area contributed by atoms with Gasteiger partial charge in [-0.2, -0.15) is 5.10 Å². The number of nitrogens with zero attached hydrogens (tertiary/aromatic N) is 6. The summed E-state index contributed by atoms with van der Waals surface area (Å²) in [7, 11) is 0. The summed E-state index contributed by atoms with van der Waals surface area (Å²) in [5.41, 5.74) is 1.23. The van der Waals surface area contributed by atoms with Crippen molar-refractivity contribution in [2.45, 2.75) is 13.5 Å². The third-order valence-corrected chi connectivity index (χ3v) is 3.80. The third kappa shape index (κ3) is 2.96. The van der Waals surface area contributed by atoms with Crippen LogP contribution in [-0.2, 0) is 6.54 Å². The van der Waals surface area contributed by atoms with Gasteiger partial charge in [-0.1, -0.05) is 0 Å². The Morgan fingerprint density at radius 2 is 1.90 bits per heavy atom. The average molecular weight is 272 g/mol. The maximum Gasteiger partial charge on any atom is 0.147 e. The second-order valence-electron chi connectivity index (χ2n) is 5.09. The molecule has 0 spiro atoms. The van der Waals surface area contributed by atoms with Crippen LogP contribution in [0.2, 0.25) is 0 Å². The Morgan fingerprint density at radius 3 is 2.55 bits per heavy atom. The van der Waals surface area contributed by atoms with E-state index in [4.69, 9.17) is 0 Å². The van der Waals surface area contributed by atoms with Gasteiger partial charge in [-0.05, 0) is 13.0 Å². The van der Waals surface area contributed by atoms with Crippen molar-refractivity contribution < 1.29 is 0 Å². The number of anilines is 1. The summed E-state index contributed by atoms with van der Waals surface area (Å²) < 4.78 is 2.06. The number of aryl methyl sites for hydroxylation is 1. The first kappa shape index (κ1) is 13.1. The van der Waals surface area contributed by atoms with Gasteiger partial charge in [0.1, 0.15) is 5.82 Å². The first-order valence-electron chi connectivity index (χ1n) is 7.04. The van der Waals surface area contributed by atoms with Gasteiger partial charge in [0, 0.05) is 57.0 Å². The van der Waals surface area contributed by atoms with E-state index < -0.39 is 0 Å². The van der Waals surface area contributed by atoms with Gasteiger partial charge in [-0.25, -0.2) is 4.98 Å². The van der Waals surface area contributed by atoms with Crippen LogP contribution in [0.5, 0.6) is 0 Å². The smallest absolute Gasteiger partial charge is 0.147 e. The Kier molecular flexibility index (Phi) is 3.92. The summed E-state index contributed by atoms with van der Waals surface area (Å²) in [6, 6.07) is 2.05. The van der Waals surface area contributed by atoms with E-state index in [9.17, 15) is 0 Å². The summed E-state index contributed by atoms with van der Waals surface area (Å²) in [5, 5.41) is 4.32. The maximum atomic E-state index is 4.36. The fraction of sp³-hybridized carbons (Fsp3) is 0.500. The van der Waals surface area contributed by atoms with Gasteiger partial charge in [0.25, 0.3) is 0 Å². The van der Waals surface area contributed by atoms with Crippen LogP contribution < -0.4 is 4.90 Å². The molecule has 0 amide bonds. The minimum absolute atomic E-state index is 0.962. The van der Waals surface area contributed by atoms with Crippen molar-refractivity contribution in [3.63, 3.8) is 0 Å². The van der Waals surface area contributed by atoms with Crippen LogP contribution in [0, 0.1) is 6.92 Å². The molecule has 0 bridgehead atoms. The molecule has 0 aliphatic carbocycles. The molecule has 0 atom stereocenters. The van der Waals surface area contributed by atoms with E-state index in [0.29, 0.717) is 0 Å². The van der Waals surface area contributed by atoms with E-state index in [0.717, 1.165) is 45.1 Å². The normalized spacial score (nSPS) is 16.6. The molecule has 0 radical (unpaired) electrons. The molecule has 1 aliphatic rings. The molecular weight excluding hydrogens is 252 g/mol. The number of hydrogen-bond donors (Lipinski definition) is 0. The zero-order chi connectivity index (χ0) is 13.8. The highest BCUT2D eigenvalue weighted by molar-refractivity contribution is 5.35. The second-order valence-corrected chi connectivity index (χ2v) is 5.09. The number of aromatic nitrogens is 4. The molecule has 20 heavy (non-hydrogen) atoms. The van der Waals surface area contributed by atoms with Crippen molar-refractivity contribution in [3.8, 4) is 0 Å². The van der Waals surface area contributed by atoms with E-state index in [1.807, 2.05) is 18.5 Å². The fourth-order valence-corrected chi connectivity index (χ4v) is 2.52. The van der Waals surface area contributed by atoms with Crippen molar-refractivity contribution >= 4 is 5.82 Å². The summed E-state index contributed by atoms with van der Waals surface area (Å²) in [6.07, 6.45) is 7.17. The number of piperazine rings is 1. The predicted octanol–water partition coefficient (Wildman–Crippen LogP) is 0.804. The monoisotopic (exact) mass is 272 g/mol. The number of hydrogen-bond acceptors (Lipinski definition) is 5. The Labute approximate surface area is 119 Å². The van der Waals surface area contributed by atoms with Gasteiger partial charge in [-0.3, -0.25) is 14.6 Å². The Balaban J connectivity index is 1.48. The van der Waals surface area contributed by atoms with Gasteiger partial charge >= 0.3 is 0 Å². The molecule has 0 saturated carbocycles. The molecule has 1 saturated heterocycles. The minimum atomic E-state index is 0.962. The molecule has 1 fully saturated rings. The molecule has 6 heteroatoms. The summed E-state index contributed by atoms with van der Waals surface area (Å²) in [5.74, 6) is 0.982. The Morgan fingerprint density at radius 1 is 1.05 bits per heavy atom. The highest BCUT2D eigenvalue weighted by Crippen LogP contribution is 2.11. The lowest BCUT2D eigenvalue weighted by Crippen LogP contribution is -2.47. The van der Waals surface area contributed by atoms with Crippen molar-refractivity contribution in [2.75, 3.05) is 37.6 Å². The van der Waals surface area contributed by atoms with Gasteiger partial charge in [0.05, 0.1) is 12.7 Å². The van der Waals surface area contributed by atoms with Crippen LogP contribution >= 0.6 is 0 Å². The molecule has 0 aromatic carbocycles. The summed E-state index contributed by atoms with van der Waals surface area (Å²) >= 11 is 0. The molecule has 3 rings (SSSR count). The van der Waals surface area contributed by atoms with Gasteiger partial charge in [0.15, 0.2) is 0 Å². The minimum Gasteiger partial charge on any atom is -0.353 e. The van der Waals surface area contributed by atoms with Crippen molar-refractivity contribution in [2.24, 2.45) is 0 Å². The lowest BCUT2D eigenvalue weighted by molar-refractivity contribution is 0.243. The first-order valence-corrected chi connectivity index (χ1v) is 7.04. The van der Waals surface area contributed by atoms with E-state index in [1.165, 1.54) is 5.69 Å². The van der Waals surface area contributed by atoms with Crippen molar-refractivity contribution in [1.82, 2.24) is 24.6 Å². The molecule has 0 N–H and O–H groups in total. The van der Waals surface area contributed by atoms with E-state index in [1.54, 1.807) is 12.4 Å². The highest BCUT2D eigenvalue weighted by Gasteiger charge is 2.17. The fourth-order valence-electron chi connectivity index (χ4n) is 2.52. The molecule has 106 valence electrons. The average Bonchev–Trinajstić information content (AvgIpc) is 2.92. The molecule has 1 aliphatic heterocycles. The quantitative estimate of drug-likeness (QED) is 0.824. The largest absolute Gasteiger partial charge is 0.353 e. The SMILES string of the molecule is Cc1ccnn1CCN1CCN(c2cnccn2)CC1. The molecular formula is C14H20N6. The van der Waals surface area contributed by atoms with Crippen molar-refractivity contribution in [3.05, 3.63) is 36.5 Å². The second kappa shape index (κ2) is 6.00. The summed E-state index contributed by atoms with van der Waals surface area (Å²) in [6.45, 7) is 8.27. The Bertz CT molecular complexity index is 530. The standard InChI is InChI=1S/C14H20N6/c1-13-2-3-17-20(13)11-8-18-6-9-19(10-7-18)14-12-15-4-5-16-14/h2-5,12H,6-11H2,1H3. The van der Waals surface area contributed by atoms with Gasteiger partial charge in [0.2, 0.25) is 0 Å². The molecule has 6 nitrogen and oxygen atoms in total. The van der Waals surface area contributed by atoms with Gasteiger partial charge in [-0.15, -0.1) is 0 Å². The third-order valence-electron chi connectivity index (χ3n) is 3.80. The molecule has 2 aromatic heterocycles. The van der Waals surface area contributed by atoms with E-state index in [-0.39, 0.29) is 0 Å². The maximum absolute atomic E-state index is 4.36. The zero-order valence-electron chi connectivity index (χ0n) is 11.8. The Hall–Kier alpha value is -1.95. The van der Waals surface area contributed by atoms with Crippen LogP contribution in [0.4, 0.5) is 5.82 Å². The predicted molar refractivity (Wildman–Crippen MR) is 77.6 cm³/mol. The topological polar surface area (TPSA) is 50.1 Å².